The van der Waals surface area contributed by atoms with Crippen LogP contribution in [-0.2, 0) is 0 Å². The van der Waals surface area contributed by atoms with Gasteiger partial charge in [-0.15, -0.1) is 0 Å². The highest BCUT2D eigenvalue weighted by molar-refractivity contribution is 6.41. The summed E-state index contributed by atoms with van der Waals surface area (Å²) in [5.41, 5.74) is 0.596. The minimum absolute atomic E-state index is 0.390. The lowest BCUT2D eigenvalue weighted by atomic mass is 10.3. The average Bonchev–Trinajstić information content (AvgIpc) is 2.01. The van der Waals surface area contributed by atoms with E-state index in [0.717, 1.165) is 0 Å². The fraction of sp³-hybridized carbons (Fsp3) is 0.333. The molecule has 0 amide bonds. The van der Waals surface area contributed by atoms with Gasteiger partial charge in [-0.3, -0.25) is 0 Å². The van der Waals surface area contributed by atoms with Gasteiger partial charge in [0.25, 0.3) is 0 Å². The molecule has 0 unspecified atom stereocenters. The first kappa shape index (κ1) is 11.9. The summed E-state index contributed by atoms with van der Waals surface area (Å²) in [5.74, 6) is 0. The van der Waals surface area contributed by atoms with Crippen LogP contribution in [0.4, 0.5) is 5.69 Å². The third-order valence-electron chi connectivity index (χ3n) is 1.58. The van der Waals surface area contributed by atoms with E-state index in [1.54, 1.807) is 19.1 Å². The van der Waals surface area contributed by atoms with Gasteiger partial charge in [-0.2, -0.15) is 0 Å². The lowest BCUT2D eigenvalue weighted by Crippen LogP contribution is -2.15. The largest absolute Gasteiger partial charge is 0.392 e. The predicted molar refractivity (Wildman–Crippen MR) is 61.6 cm³/mol. The molecular formula is C9H10Cl3NO. The molecule has 0 fully saturated rings. The summed E-state index contributed by atoms with van der Waals surface area (Å²) in [4.78, 5) is 0. The quantitative estimate of drug-likeness (QED) is 0.866. The lowest BCUT2D eigenvalue weighted by Gasteiger charge is -2.12. The topological polar surface area (TPSA) is 32.3 Å². The monoisotopic (exact) mass is 253 g/mol. The summed E-state index contributed by atoms with van der Waals surface area (Å²) in [6.45, 7) is 2.06. The van der Waals surface area contributed by atoms with Crippen LogP contribution in [0.5, 0.6) is 0 Å². The van der Waals surface area contributed by atoms with Crippen LogP contribution in [0.1, 0.15) is 6.92 Å². The van der Waals surface area contributed by atoms with Crippen LogP contribution in [0.3, 0.4) is 0 Å². The molecule has 1 rings (SSSR count). The second-order valence-corrected chi connectivity index (χ2v) is 4.23. The molecule has 0 spiro atoms. The molecule has 0 aliphatic rings. The molecule has 1 aromatic rings. The molecule has 2 nitrogen and oxygen atoms in total. The van der Waals surface area contributed by atoms with Crippen LogP contribution in [0, 0.1) is 0 Å². The van der Waals surface area contributed by atoms with Crippen molar-refractivity contribution in [3.8, 4) is 0 Å². The Labute approximate surface area is 97.8 Å². The van der Waals surface area contributed by atoms with Crippen molar-refractivity contribution in [2.75, 3.05) is 11.9 Å². The minimum atomic E-state index is -0.460. The number of nitrogens with one attached hydrogen (secondary N) is 1. The first-order chi connectivity index (χ1) is 6.50. The van der Waals surface area contributed by atoms with Gasteiger partial charge in [-0.25, -0.2) is 0 Å². The Hall–Kier alpha value is -0.150. The minimum Gasteiger partial charge on any atom is -0.392 e. The van der Waals surface area contributed by atoms with E-state index in [9.17, 15) is 0 Å². The average molecular weight is 255 g/mol. The third kappa shape index (κ3) is 3.21. The Kier molecular flexibility index (Phi) is 4.32. The van der Waals surface area contributed by atoms with Gasteiger partial charge >= 0.3 is 0 Å². The van der Waals surface area contributed by atoms with Crippen LogP contribution in [0.25, 0.3) is 0 Å². The molecule has 5 heteroatoms. The molecular weight excluding hydrogens is 244 g/mol. The summed E-state index contributed by atoms with van der Waals surface area (Å²) >= 11 is 17.5. The van der Waals surface area contributed by atoms with Crippen molar-refractivity contribution >= 4 is 40.5 Å². The fourth-order valence-electron chi connectivity index (χ4n) is 0.961. The maximum atomic E-state index is 9.08. The van der Waals surface area contributed by atoms with Crippen molar-refractivity contribution in [2.24, 2.45) is 0 Å². The van der Waals surface area contributed by atoms with E-state index in [1.807, 2.05) is 0 Å². The highest BCUT2D eigenvalue weighted by atomic mass is 35.5. The van der Waals surface area contributed by atoms with Crippen molar-refractivity contribution < 1.29 is 5.11 Å². The number of halogens is 3. The molecule has 0 aliphatic carbocycles. The van der Waals surface area contributed by atoms with Gasteiger partial charge in [-0.1, -0.05) is 34.8 Å². The summed E-state index contributed by atoms with van der Waals surface area (Å²) in [7, 11) is 0. The number of rotatable bonds is 3. The second kappa shape index (κ2) is 5.08. The molecule has 78 valence electrons. The maximum absolute atomic E-state index is 9.08. The molecule has 14 heavy (non-hydrogen) atoms. The normalized spacial score (nSPS) is 12.6. The van der Waals surface area contributed by atoms with Gasteiger partial charge in [0.1, 0.15) is 0 Å². The number of anilines is 1. The highest BCUT2D eigenvalue weighted by Gasteiger charge is 2.07. The van der Waals surface area contributed by atoms with Crippen molar-refractivity contribution in [1.82, 2.24) is 0 Å². The molecule has 1 atom stereocenters. The second-order valence-electron chi connectivity index (χ2n) is 2.97. The summed E-state index contributed by atoms with van der Waals surface area (Å²) in [6, 6.07) is 3.19. The van der Waals surface area contributed by atoms with Gasteiger partial charge < -0.3 is 10.4 Å². The van der Waals surface area contributed by atoms with Gasteiger partial charge in [-0.05, 0) is 19.1 Å². The summed E-state index contributed by atoms with van der Waals surface area (Å²) < 4.78 is 0. The molecule has 0 heterocycles. The first-order valence-electron chi connectivity index (χ1n) is 4.07. The van der Waals surface area contributed by atoms with Gasteiger partial charge in [0, 0.05) is 11.6 Å². The molecule has 1 aromatic carbocycles. The lowest BCUT2D eigenvalue weighted by molar-refractivity contribution is 0.208. The molecule has 0 saturated carbocycles. The van der Waals surface area contributed by atoms with Gasteiger partial charge in [0.05, 0.1) is 21.8 Å². The Balaban J connectivity index is 2.86. The van der Waals surface area contributed by atoms with Crippen LogP contribution >= 0.6 is 34.8 Å². The molecule has 0 radical (unpaired) electrons. The number of hydrogen-bond acceptors (Lipinski definition) is 2. The van der Waals surface area contributed by atoms with E-state index in [2.05, 4.69) is 5.32 Å². The molecule has 0 aliphatic heterocycles. The van der Waals surface area contributed by atoms with Crippen LogP contribution in [0.2, 0.25) is 15.1 Å². The van der Waals surface area contributed by atoms with Gasteiger partial charge in [0.15, 0.2) is 0 Å². The number of benzene rings is 1. The number of aliphatic hydroxyl groups excluding tert-OH is 1. The number of hydrogen-bond donors (Lipinski definition) is 2. The van der Waals surface area contributed by atoms with E-state index >= 15 is 0 Å². The van der Waals surface area contributed by atoms with Crippen molar-refractivity contribution in [3.05, 3.63) is 27.2 Å². The number of aliphatic hydroxyl groups is 1. The van der Waals surface area contributed by atoms with Crippen LogP contribution in [0.15, 0.2) is 12.1 Å². The van der Waals surface area contributed by atoms with Crippen LogP contribution < -0.4 is 5.32 Å². The Bertz CT molecular complexity index is 305. The molecule has 0 aromatic heterocycles. The fourth-order valence-corrected chi connectivity index (χ4v) is 1.91. The predicted octanol–water partition coefficient (Wildman–Crippen LogP) is 3.44. The van der Waals surface area contributed by atoms with E-state index in [0.29, 0.717) is 27.3 Å². The zero-order valence-corrected chi connectivity index (χ0v) is 9.79. The Morgan fingerprint density at radius 1 is 1.29 bits per heavy atom. The van der Waals surface area contributed by atoms with Crippen LogP contribution in [-0.4, -0.2) is 17.8 Å². The zero-order chi connectivity index (χ0) is 10.7. The zero-order valence-electron chi connectivity index (χ0n) is 7.52. The van der Waals surface area contributed by atoms with E-state index in [4.69, 9.17) is 39.9 Å². The van der Waals surface area contributed by atoms with Crippen molar-refractivity contribution in [1.29, 1.82) is 0 Å². The van der Waals surface area contributed by atoms with E-state index in [-0.39, 0.29) is 0 Å². The third-order valence-corrected chi connectivity index (χ3v) is 2.40. The smallest absolute Gasteiger partial charge is 0.0720 e. The van der Waals surface area contributed by atoms with Crippen molar-refractivity contribution in [3.63, 3.8) is 0 Å². The maximum Gasteiger partial charge on any atom is 0.0720 e. The molecule has 2 N–H and O–H groups in total. The standard InChI is InChI=1S/C9H10Cl3NO/c1-5(14)4-13-9-7(11)2-6(10)3-8(9)12/h2-3,5,13-14H,4H2,1H3/t5-/m0/s1. The Morgan fingerprint density at radius 2 is 1.79 bits per heavy atom. The summed E-state index contributed by atoms with van der Waals surface area (Å²) in [6.07, 6.45) is -0.460. The molecule has 0 bridgehead atoms. The van der Waals surface area contributed by atoms with E-state index in [1.165, 1.54) is 0 Å². The van der Waals surface area contributed by atoms with Gasteiger partial charge in [0.2, 0.25) is 0 Å². The Morgan fingerprint density at radius 3 is 2.21 bits per heavy atom. The summed E-state index contributed by atoms with van der Waals surface area (Å²) in [5, 5.41) is 13.4. The molecule has 0 saturated heterocycles. The van der Waals surface area contributed by atoms with E-state index < -0.39 is 6.10 Å². The van der Waals surface area contributed by atoms with Crippen molar-refractivity contribution in [2.45, 2.75) is 13.0 Å². The SMILES string of the molecule is C[C@H](O)CNc1c(Cl)cc(Cl)cc1Cl. The highest BCUT2D eigenvalue weighted by Crippen LogP contribution is 2.33. The first-order valence-corrected chi connectivity index (χ1v) is 5.20.